The first-order chi connectivity index (χ1) is 8.58. The van der Waals surface area contributed by atoms with E-state index in [-0.39, 0.29) is 12.4 Å². The van der Waals surface area contributed by atoms with Crippen LogP contribution in [-0.4, -0.2) is 32.6 Å². The fourth-order valence-electron chi connectivity index (χ4n) is 2.27. The molecular formula is C16H26ClNO. The second-order valence-electron chi connectivity index (χ2n) is 4.96. The number of allylic oxidation sites excluding steroid dienone is 1. The minimum absolute atomic E-state index is 0. The standard InChI is InChI=1S/C16H25NO.ClH/c1-6-8-16(13(2)12-17(3)4)14-9-7-10-15(11-14)18-5;/h7-11,13H,6,12H2,1-5H3;1H/b16-8-;. The van der Waals surface area contributed by atoms with Crippen molar-refractivity contribution < 1.29 is 4.74 Å². The highest BCUT2D eigenvalue weighted by molar-refractivity contribution is 5.85. The van der Waals surface area contributed by atoms with Crippen molar-refractivity contribution >= 4 is 18.0 Å². The SMILES string of the molecule is CC/C=C(\c1cccc(OC)c1)C(C)CN(C)C.Cl. The molecule has 108 valence electrons. The van der Waals surface area contributed by atoms with Crippen LogP contribution in [0, 0.1) is 5.92 Å². The Labute approximate surface area is 123 Å². The number of rotatable bonds is 6. The second kappa shape index (κ2) is 9.00. The van der Waals surface area contributed by atoms with E-state index in [1.54, 1.807) is 7.11 Å². The van der Waals surface area contributed by atoms with E-state index in [1.807, 2.05) is 6.07 Å². The molecule has 1 atom stereocenters. The van der Waals surface area contributed by atoms with Crippen molar-refractivity contribution in [2.75, 3.05) is 27.7 Å². The van der Waals surface area contributed by atoms with Crippen LogP contribution in [0.15, 0.2) is 30.3 Å². The highest BCUT2D eigenvalue weighted by atomic mass is 35.5. The summed E-state index contributed by atoms with van der Waals surface area (Å²) in [4.78, 5) is 2.23. The zero-order valence-electron chi connectivity index (χ0n) is 12.6. The van der Waals surface area contributed by atoms with Gasteiger partial charge in [-0.15, -0.1) is 12.4 Å². The lowest BCUT2D eigenvalue weighted by molar-refractivity contribution is 0.375. The Morgan fingerprint density at radius 2 is 2.05 bits per heavy atom. The molecule has 0 spiro atoms. The molecule has 1 rings (SSSR count). The smallest absolute Gasteiger partial charge is 0.119 e. The lowest BCUT2D eigenvalue weighted by Gasteiger charge is -2.21. The van der Waals surface area contributed by atoms with Crippen LogP contribution in [0.5, 0.6) is 5.75 Å². The van der Waals surface area contributed by atoms with Crippen molar-refractivity contribution in [1.29, 1.82) is 0 Å². The van der Waals surface area contributed by atoms with Gasteiger partial charge in [-0.2, -0.15) is 0 Å². The van der Waals surface area contributed by atoms with Crippen molar-refractivity contribution in [3.63, 3.8) is 0 Å². The topological polar surface area (TPSA) is 12.5 Å². The van der Waals surface area contributed by atoms with Crippen molar-refractivity contribution in [1.82, 2.24) is 4.90 Å². The number of nitrogens with zero attached hydrogens (tertiary/aromatic N) is 1. The summed E-state index contributed by atoms with van der Waals surface area (Å²) in [5.41, 5.74) is 2.68. The Kier molecular flexibility index (Phi) is 8.53. The fraction of sp³-hybridized carbons (Fsp3) is 0.500. The molecule has 0 saturated heterocycles. The lowest BCUT2D eigenvalue weighted by Crippen LogP contribution is -2.20. The van der Waals surface area contributed by atoms with Gasteiger partial charge in [0.25, 0.3) is 0 Å². The summed E-state index contributed by atoms with van der Waals surface area (Å²) in [7, 11) is 5.95. The van der Waals surface area contributed by atoms with Crippen LogP contribution in [0.25, 0.3) is 5.57 Å². The molecule has 3 heteroatoms. The quantitative estimate of drug-likeness (QED) is 0.779. The van der Waals surface area contributed by atoms with E-state index in [9.17, 15) is 0 Å². The van der Waals surface area contributed by atoms with Crippen molar-refractivity contribution in [3.05, 3.63) is 35.9 Å². The highest BCUT2D eigenvalue weighted by Crippen LogP contribution is 2.27. The molecule has 0 aliphatic heterocycles. The number of benzene rings is 1. The molecular weight excluding hydrogens is 258 g/mol. The van der Waals surface area contributed by atoms with Gasteiger partial charge in [0.15, 0.2) is 0 Å². The summed E-state index contributed by atoms with van der Waals surface area (Å²) in [5.74, 6) is 1.44. The molecule has 1 aromatic carbocycles. The van der Waals surface area contributed by atoms with E-state index in [4.69, 9.17) is 4.74 Å². The third-order valence-corrected chi connectivity index (χ3v) is 3.00. The Hall–Kier alpha value is -0.990. The maximum absolute atomic E-state index is 5.31. The molecule has 0 aliphatic rings. The summed E-state index contributed by atoms with van der Waals surface area (Å²) in [6.45, 7) is 5.52. The molecule has 19 heavy (non-hydrogen) atoms. The number of ether oxygens (including phenoxy) is 1. The first-order valence-electron chi connectivity index (χ1n) is 6.57. The minimum Gasteiger partial charge on any atom is -0.497 e. The van der Waals surface area contributed by atoms with Gasteiger partial charge in [-0.05, 0) is 49.7 Å². The Balaban J connectivity index is 0.00000324. The summed E-state index contributed by atoms with van der Waals surface area (Å²) in [5, 5.41) is 0. The molecule has 0 aromatic heterocycles. The van der Waals surface area contributed by atoms with Crippen LogP contribution in [0.3, 0.4) is 0 Å². The Morgan fingerprint density at radius 1 is 1.37 bits per heavy atom. The van der Waals surface area contributed by atoms with E-state index in [0.29, 0.717) is 5.92 Å². The van der Waals surface area contributed by atoms with E-state index in [2.05, 4.69) is 57.1 Å². The Bertz CT molecular complexity index is 401. The largest absolute Gasteiger partial charge is 0.497 e. The first-order valence-corrected chi connectivity index (χ1v) is 6.57. The van der Waals surface area contributed by atoms with Gasteiger partial charge >= 0.3 is 0 Å². The molecule has 0 saturated carbocycles. The van der Waals surface area contributed by atoms with Gasteiger partial charge in [0.2, 0.25) is 0 Å². The van der Waals surface area contributed by atoms with E-state index in [0.717, 1.165) is 18.7 Å². The zero-order valence-corrected chi connectivity index (χ0v) is 13.5. The van der Waals surface area contributed by atoms with E-state index < -0.39 is 0 Å². The third-order valence-electron chi connectivity index (χ3n) is 3.00. The molecule has 0 bridgehead atoms. The molecule has 0 heterocycles. The molecule has 1 aromatic rings. The summed E-state index contributed by atoms with van der Waals surface area (Å²) >= 11 is 0. The molecule has 0 N–H and O–H groups in total. The van der Waals surface area contributed by atoms with Crippen molar-refractivity contribution in [3.8, 4) is 5.75 Å². The molecule has 0 amide bonds. The zero-order chi connectivity index (χ0) is 13.5. The van der Waals surface area contributed by atoms with Crippen LogP contribution < -0.4 is 4.74 Å². The molecule has 2 nitrogen and oxygen atoms in total. The average Bonchev–Trinajstić information content (AvgIpc) is 2.35. The predicted octanol–water partition coefficient (Wildman–Crippen LogP) is 4.11. The van der Waals surface area contributed by atoms with Gasteiger partial charge in [-0.1, -0.05) is 32.1 Å². The normalized spacial score (nSPS) is 13.1. The van der Waals surface area contributed by atoms with Gasteiger partial charge in [0, 0.05) is 6.54 Å². The molecule has 0 fully saturated rings. The maximum atomic E-state index is 5.31. The van der Waals surface area contributed by atoms with E-state index >= 15 is 0 Å². The van der Waals surface area contributed by atoms with Gasteiger partial charge in [0.05, 0.1) is 7.11 Å². The number of hydrogen-bond acceptors (Lipinski definition) is 2. The maximum Gasteiger partial charge on any atom is 0.119 e. The van der Waals surface area contributed by atoms with Crippen LogP contribution in [-0.2, 0) is 0 Å². The van der Waals surface area contributed by atoms with Gasteiger partial charge in [-0.3, -0.25) is 0 Å². The predicted molar refractivity (Wildman–Crippen MR) is 86.2 cm³/mol. The highest BCUT2D eigenvalue weighted by Gasteiger charge is 2.12. The van der Waals surface area contributed by atoms with Crippen LogP contribution >= 0.6 is 12.4 Å². The van der Waals surface area contributed by atoms with Crippen LogP contribution in [0.4, 0.5) is 0 Å². The molecule has 0 radical (unpaired) electrons. The van der Waals surface area contributed by atoms with Crippen LogP contribution in [0.1, 0.15) is 25.8 Å². The van der Waals surface area contributed by atoms with Gasteiger partial charge < -0.3 is 9.64 Å². The Morgan fingerprint density at radius 3 is 2.58 bits per heavy atom. The third kappa shape index (κ3) is 5.66. The van der Waals surface area contributed by atoms with Crippen molar-refractivity contribution in [2.45, 2.75) is 20.3 Å². The van der Waals surface area contributed by atoms with Gasteiger partial charge in [-0.25, -0.2) is 0 Å². The fourth-order valence-corrected chi connectivity index (χ4v) is 2.27. The summed E-state index contributed by atoms with van der Waals surface area (Å²) < 4.78 is 5.31. The van der Waals surface area contributed by atoms with Crippen molar-refractivity contribution in [2.24, 2.45) is 5.92 Å². The minimum atomic E-state index is 0. The number of methoxy groups -OCH3 is 1. The molecule has 0 aliphatic carbocycles. The number of hydrogen-bond donors (Lipinski definition) is 0. The first kappa shape index (κ1) is 18.0. The van der Waals surface area contributed by atoms with Crippen LogP contribution in [0.2, 0.25) is 0 Å². The monoisotopic (exact) mass is 283 g/mol. The number of halogens is 1. The lowest BCUT2D eigenvalue weighted by atomic mass is 9.92. The summed E-state index contributed by atoms with van der Waals surface area (Å²) in [6.07, 6.45) is 3.38. The molecule has 1 unspecified atom stereocenters. The average molecular weight is 284 g/mol. The van der Waals surface area contributed by atoms with E-state index in [1.165, 1.54) is 11.1 Å². The van der Waals surface area contributed by atoms with Gasteiger partial charge in [0.1, 0.15) is 5.75 Å². The second-order valence-corrected chi connectivity index (χ2v) is 4.96. The summed E-state index contributed by atoms with van der Waals surface area (Å²) in [6, 6.07) is 8.33.